The minimum atomic E-state index is -3.71. The maximum atomic E-state index is 13.8. The first-order valence-corrected chi connectivity index (χ1v) is 8.36. The van der Waals surface area contributed by atoms with E-state index in [1.165, 1.54) is 12.1 Å². The van der Waals surface area contributed by atoms with Crippen molar-refractivity contribution in [1.29, 1.82) is 0 Å². The predicted molar refractivity (Wildman–Crippen MR) is 75.7 cm³/mol. The highest BCUT2D eigenvalue weighted by atomic mass is 32.2. The number of carboxylic acids is 1. The second kappa shape index (κ2) is 6.11. The van der Waals surface area contributed by atoms with Crippen LogP contribution in [0, 0.1) is 18.7 Å². The molecule has 1 saturated heterocycles. The number of carbonyl (C=O) groups is 1. The van der Waals surface area contributed by atoms with Gasteiger partial charge in [-0.3, -0.25) is 4.79 Å². The Morgan fingerprint density at radius 2 is 2.19 bits per heavy atom. The van der Waals surface area contributed by atoms with Crippen molar-refractivity contribution in [2.24, 2.45) is 5.92 Å². The lowest BCUT2D eigenvalue weighted by Crippen LogP contribution is -2.42. The van der Waals surface area contributed by atoms with Gasteiger partial charge in [-0.15, -0.1) is 0 Å². The molecule has 1 fully saturated rings. The number of piperidine rings is 1. The molecule has 7 heteroatoms. The molecule has 1 aromatic rings. The number of aliphatic carboxylic acids is 1. The Balaban J connectivity index is 2.16. The van der Waals surface area contributed by atoms with E-state index in [1.54, 1.807) is 13.0 Å². The smallest absolute Gasteiger partial charge is 0.307 e. The van der Waals surface area contributed by atoms with E-state index in [0.29, 0.717) is 19.4 Å². The van der Waals surface area contributed by atoms with Gasteiger partial charge in [-0.25, -0.2) is 17.1 Å². The zero-order valence-electron chi connectivity index (χ0n) is 11.8. The second-order valence-corrected chi connectivity index (χ2v) is 7.36. The minimum Gasteiger partial charge on any atom is -0.481 e. The number of hydrogen-bond donors (Lipinski definition) is 1. The van der Waals surface area contributed by atoms with E-state index in [1.807, 2.05) is 0 Å². The molecule has 1 heterocycles. The van der Waals surface area contributed by atoms with Crippen LogP contribution in [-0.4, -0.2) is 36.9 Å². The fourth-order valence-corrected chi connectivity index (χ4v) is 4.08. The minimum absolute atomic E-state index is 0.0366. The lowest BCUT2D eigenvalue weighted by Gasteiger charge is -2.29. The van der Waals surface area contributed by atoms with Crippen LogP contribution >= 0.6 is 0 Å². The Bertz CT molecular complexity index is 644. The maximum absolute atomic E-state index is 13.8. The molecule has 1 aliphatic rings. The molecule has 0 saturated carbocycles. The van der Waals surface area contributed by atoms with Crippen LogP contribution in [0.2, 0.25) is 0 Å². The summed E-state index contributed by atoms with van der Waals surface area (Å²) in [5, 5.41) is 9.00. The molecule has 0 amide bonds. The number of carboxylic acid groups (broad SMARTS) is 1. The van der Waals surface area contributed by atoms with Gasteiger partial charge in [-0.1, -0.05) is 12.1 Å². The van der Waals surface area contributed by atoms with Gasteiger partial charge >= 0.3 is 5.97 Å². The third-order valence-corrected chi connectivity index (χ3v) is 5.47. The van der Waals surface area contributed by atoms with Crippen LogP contribution in [0.25, 0.3) is 0 Å². The molecular formula is C14H18FNO4S. The Morgan fingerprint density at radius 1 is 1.48 bits per heavy atom. The molecule has 116 valence electrons. The van der Waals surface area contributed by atoms with E-state index in [-0.39, 0.29) is 12.1 Å². The van der Waals surface area contributed by atoms with Crippen molar-refractivity contribution < 1.29 is 22.7 Å². The molecule has 0 aromatic heterocycles. The topological polar surface area (TPSA) is 74.7 Å². The standard InChI is InChI=1S/C14H18FNO4S/c1-10-4-5-12(13(15)7-10)9-21(19,20)16-6-2-3-11(8-16)14(17)18/h4-5,7,11H,2-3,6,8-9H2,1H3,(H,17,18). The van der Waals surface area contributed by atoms with E-state index in [0.717, 1.165) is 9.87 Å². The number of nitrogens with zero attached hydrogens (tertiary/aromatic N) is 1. The van der Waals surface area contributed by atoms with Crippen molar-refractivity contribution in [3.63, 3.8) is 0 Å². The van der Waals surface area contributed by atoms with Gasteiger partial charge < -0.3 is 5.11 Å². The normalized spacial score (nSPS) is 20.4. The quantitative estimate of drug-likeness (QED) is 0.919. The average molecular weight is 315 g/mol. The van der Waals surface area contributed by atoms with Crippen molar-refractivity contribution >= 4 is 16.0 Å². The molecule has 2 rings (SSSR count). The maximum Gasteiger partial charge on any atom is 0.307 e. The van der Waals surface area contributed by atoms with Crippen molar-refractivity contribution in [2.45, 2.75) is 25.5 Å². The first kappa shape index (κ1) is 15.9. The van der Waals surface area contributed by atoms with Crippen LogP contribution in [0.3, 0.4) is 0 Å². The van der Waals surface area contributed by atoms with Crippen molar-refractivity contribution in [3.05, 3.63) is 35.1 Å². The van der Waals surface area contributed by atoms with Crippen molar-refractivity contribution in [1.82, 2.24) is 4.31 Å². The molecule has 21 heavy (non-hydrogen) atoms. The van der Waals surface area contributed by atoms with Crippen LogP contribution in [0.5, 0.6) is 0 Å². The van der Waals surface area contributed by atoms with E-state index in [4.69, 9.17) is 5.11 Å². The molecule has 1 aliphatic heterocycles. The summed E-state index contributed by atoms with van der Waals surface area (Å²) < 4.78 is 39.6. The monoisotopic (exact) mass is 315 g/mol. The summed E-state index contributed by atoms with van der Waals surface area (Å²) in [6.45, 7) is 1.98. The molecule has 1 aromatic carbocycles. The summed E-state index contributed by atoms with van der Waals surface area (Å²) in [5.41, 5.74) is 0.829. The first-order valence-electron chi connectivity index (χ1n) is 6.75. The third kappa shape index (κ3) is 3.79. The summed E-state index contributed by atoms with van der Waals surface area (Å²) in [4.78, 5) is 11.0. The summed E-state index contributed by atoms with van der Waals surface area (Å²) in [6, 6.07) is 4.41. The third-order valence-electron chi connectivity index (χ3n) is 3.67. The molecule has 0 bridgehead atoms. The number of hydrogen-bond acceptors (Lipinski definition) is 3. The zero-order valence-corrected chi connectivity index (χ0v) is 12.6. The van der Waals surface area contributed by atoms with Crippen LogP contribution in [0.1, 0.15) is 24.0 Å². The predicted octanol–water partition coefficient (Wildman–Crippen LogP) is 1.76. The number of rotatable bonds is 4. The number of aryl methyl sites for hydroxylation is 1. The number of benzene rings is 1. The highest BCUT2D eigenvalue weighted by Gasteiger charge is 2.32. The van der Waals surface area contributed by atoms with Crippen LogP contribution in [0.4, 0.5) is 4.39 Å². The molecule has 0 radical (unpaired) electrons. The molecule has 1 unspecified atom stereocenters. The summed E-state index contributed by atoms with van der Waals surface area (Å²) in [7, 11) is -3.71. The number of halogens is 1. The van der Waals surface area contributed by atoms with Gasteiger partial charge in [0.05, 0.1) is 11.7 Å². The number of sulfonamides is 1. The zero-order chi connectivity index (χ0) is 15.6. The SMILES string of the molecule is Cc1ccc(CS(=O)(=O)N2CCCC(C(=O)O)C2)c(F)c1. The van der Waals surface area contributed by atoms with Gasteiger partial charge in [-0.05, 0) is 31.4 Å². The second-order valence-electron chi connectivity index (χ2n) is 5.39. The summed E-state index contributed by atoms with van der Waals surface area (Å²) >= 11 is 0. The van der Waals surface area contributed by atoms with Crippen molar-refractivity contribution in [3.8, 4) is 0 Å². The molecule has 0 aliphatic carbocycles. The van der Waals surface area contributed by atoms with Gasteiger partial charge in [0.25, 0.3) is 0 Å². The van der Waals surface area contributed by atoms with Gasteiger partial charge in [0.2, 0.25) is 10.0 Å². The largest absolute Gasteiger partial charge is 0.481 e. The van der Waals surface area contributed by atoms with Crippen LogP contribution in [0.15, 0.2) is 18.2 Å². The summed E-state index contributed by atoms with van der Waals surface area (Å²) in [6.07, 6.45) is 0.979. The Morgan fingerprint density at radius 3 is 2.81 bits per heavy atom. The van der Waals surface area contributed by atoms with Gasteiger partial charge in [-0.2, -0.15) is 0 Å². The molecule has 0 spiro atoms. The van der Waals surface area contributed by atoms with E-state index in [2.05, 4.69) is 0 Å². The fourth-order valence-electron chi connectivity index (χ4n) is 2.45. The molecule has 5 nitrogen and oxygen atoms in total. The van der Waals surface area contributed by atoms with Crippen LogP contribution in [-0.2, 0) is 20.6 Å². The van der Waals surface area contributed by atoms with E-state index in [9.17, 15) is 17.6 Å². The first-order chi connectivity index (χ1) is 9.79. The van der Waals surface area contributed by atoms with Gasteiger partial charge in [0, 0.05) is 18.7 Å². The van der Waals surface area contributed by atoms with E-state index >= 15 is 0 Å². The fraction of sp³-hybridized carbons (Fsp3) is 0.500. The Labute approximate surface area is 123 Å². The molecular weight excluding hydrogens is 297 g/mol. The van der Waals surface area contributed by atoms with Crippen molar-refractivity contribution in [2.75, 3.05) is 13.1 Å². The van der Waals surface area contributed by atoms with Crippen LogP contribution < -0.4 is 0 Å². The summed E-state index contributed by atoms with van der Waals surface area (Å²) in [5.74, 6) is -2.66. The Kier molecular flexibility index (Phi) is 4.63. The van der Waals surface area contributed by atoms with Gasteiger partial charge in [0.1, 0.15) is 5.82 Å². The van der Waals surface area contributed by atoms with Gasteiger partial charge in [0.15, 0.2) is 0 Å². The highest BCUT2D eigenvalue weighted by molar-refractivity contribution is 7.88. The highest BCUT2D eigenvalue weighted by Crippen LogP contribution is 2.22. The lowest BCUT2D eigenvalue weighted by molar-refractivity contribution is -0.142. The van der Waals surface area contributed by atoms with E-state index < -0.39 is 33.5 Å². The molecule has 1 N–H and O–H groups in total. The average Bonchev–Trinajstić information content (AvgIpc) is 2.42. The lowest BCUT2D eigenvalue weighted by atomic mass is 10.0. The molecule has 1 atom stereocenters. The Hall–Kier alpha value is -1.47.